The van der Waals surface area contributed by atoms with Crippen molar-refractivity contribution in [3.05, 3.63) is 63.6 Å². The van der Waals surface area contributed by atoms with Crippen molar-refractivity contribution < 1.29 is 9.53 Å². The summed E-state index contributed by atoms with van der Waals surface area (Å²) in [6.07, 6.45) is 0. The average Bonchev–Trinajstić information content (AvgIpc) is 2.48. The largest absolute Gasteiger partial charge is 0.465 e. The van der Waals surface area contributed by atoms with E-state index in [2.05, 4.69) is 5.10 Å². The fourth-order valence-electron chi connectivity index (χ4n) is 2.05. The summed E-state index contributed by atoms with van der Waals surface area (Å²) in [5.74, 6) is -0.398. The Hall–Kier alpha value is -2.43. The number of carbonyl (C=O) groups excluding carboxylic acids is 1. The first-order chi connectivity index (χ1) is 10.3. The van der Waals surface area contributed by atoms with E-state index in [4.69, 9.17) is 4.74 Å². The Morgan fingerprint density at radius 1 is 1.23 bits per heavy atom. The molecule has 1 aromatic carbocycles. The number of aromatic nitrogens is 2. The van der Waals surface area contributed by atoms with Crippen molar-refractivity contribution in [2.75, 3.05) is 7.11 Å². The Morgan fingerprint density at radius 3 is 2.59 bits per heavy atom. The highest BCUT2D eigenvalue weighted by molar-refractivity contribution is 5.89. The topological polar surface area (TPSA) is 61.2 Å². The molecule has 0 fully saturated rings. The van der Waals surface area contributed by atoms with E-state index in [1.54, 1.807) is 24.3 Å². The molecule has 0 amide bonds. The SMILES string of the molecule is COC(=O)c1cccc(Cn2nc(C(C)(C)C)ccc2=O)c1. The van der Waals surface area contributed by atoms with Gasteiger partial charge in [-0.1, -0.05) is 32.9 Å². The summed E-state index contributed by atoms with van der Waals surface area (Å²) in [6.45, 7) is 6.44. The molecular formula is C17H20N2O3. The summed E-state index contributed by atoms with van der Waals surface area (Å²) in [6, 6.07) is 10.3. The molecule has 2 rings (SSSR count). The average molecular weight is 300 g/mol. The summed E-state index contributed by atoms with van der Waals surface area (Å²) < 4.78 is 6.12. The second-order valence-corrected chi connectivity index (χ2v) is 6.16. The number of ether oxygens (including phenoxy) is 1. The Bertz CT molecular complexity index is 742. The second-order valence-electron chi connectivity index (χ2n) is 6.16. The maximum absolute atomic E-state index is 12.0. The van der Waals surface area contributed by atoms with Crippen LogP contribution in [0.25, 0.3) is 0 Å². The fraction of sp³-hybridized carbons (Fsp3) is 0.353. The van der Waals surface area contributed by atoms with E-state index >= 15 is 0 Å². The summed E-state index contributed by atoms with van der Waals surface area (Å²) in [5.41, 5.74) is 1.82. The van der Waals surface area contributed by atoms with Gasteiger partial charge in [0.05, 0.1) is 24.9 Å². The monoisotopic (exact) mass is 300 g/mol. The molecule has 0 aliphatic carbocycles. The molecule has 0 spiro atoms. The van der Waals surface area contributed by atoms with Gasteiger partial charge >= 0.3 is 5.97 Å². The number of benzene rings is 1. The van der Waals surface area contributed by atoms with Crippen LogP contribution in [0.3, 0.4) is 0 Å². The zero-order valence-electron chi connectivity index (χ0n) is 13.3. The van der Waals surface area contributed by atoms with Crippen LogP contribution in [0.2, 0.25) is 0 Å². The van der Waals surface area contributed by atoms with Gasteiger partial charge in [0.1, 0.15) is 0 Å². The predicted molar refractivity (Wildman–Crippen MR) is 84.1 cm³/mol. The van der Waals surface area contributed by atoms with Crippen molar-refractivity contribution >= 4 is 5.97 Å². The molecule has 1 heterocycles. The molecular weight excluding hydrogens is 280 g/mol. The third-order valence-corrected chi connectivity index (χ3v) is 3.32. The van der Waals surface area contributed by atoms with Gasteiger partial charge in [0.15, 0.2) is 0 Å². The zero-order chi connectivity index (χ0) is 16.3. The molecule has 0 radical (unpaired) electrons. The van der Waals surface area contributed by atoms with Crippen LogP contribution in [-0.2, 0) is 16.7 Å². The lowest BCUT2D eigenvalue weighted by Crippen LogP contribution is -2.27. The van der Waals surface area contributed by atoms with Crippen molar-refractivity contribution in [3.63, 3.8) is 0 Å². The first kappa shape index (κ1) is 15.9. The van der Waals surface area contributed by atoms with Gasteiger partial charge in [-0.3, -0.25) is 4.79 Å². The van der Waals surface area contributed by atoms with Gasteiger partial charge in [-0.2, -0.15) is 5.10 Å². The van der Waals surface area contributed by atoms with E-state index in [1.807, 2.05) is 26.8 Å². The lowest BCUT2D eigenvalue weighted by molar-refractivity contribution is 0.0600. The van der Waals surface area contributed by atoms with Crippen LogP contribution in [-0.4, -0.2) is 22.9 Å². The van der Waals surface area contributed by atoms with Crippen molar-refractivity contribution in [2.24, 2.45) is 0 Å². The van der Waals surface area contributed by atoms with Gasteiger partial charge in [-0.25, -0.2) is 9.48 Å². The molecule has 0 saturated carbocycles. The van der Waals surface area contributed by atoms with Gasteiger partial charge in [-0.15, -0.1) is 0 Å². The molecule has 0 atom stereocenters. The van der Waals surface area contributed by atoms with Gasteiger partial charge in [0.25, 0.3) is 5.56 Å². The van der Waals surface area contributed by atoms with Crippen molar-refractivity contribution in [2.45, 2.75) is 32.7 Å². The first-order valence-corrected chi connectivity index (χ1v) is 7.07. The van der Waals surface area contributed by atoms with E-state index in [0.29, 0.717) is 12.1 Å². The first-order valence-electron chi connectivity index (χ1n) is 7.07. The number of hydrogen-bond acceptors (Lipinski definition) is 4. The van der Waals surface area contributed by atoms with Crippen LogP contribution in [0, 0.1) is 0 Å². The third kappa shape index (κ3) is 3.61. The number of hydrogen-bond donors (Lipinski definition) is 0. The number of methoxy groups -OCH3 is 1. The summed E-state index contributed by atoms with van der Waals surface area (Å²) in [7, 11) is 1.34. The van der Waals surface area contributed by atoms with Crippen LogP contribution in [0.15, 0.2) is 41.2 Å². The van der Waals surface area contributed by atoms with Gasteiger partial charge in [0.2, 0.25) is 0 Å². The van der Waals surface area contributed by atoms with Crippen LogP contribution >= 0.6 is 0 Å². The molecule has 5 heteroatoms. The summed E-state index contributed by atoms with van der Waals surface area (Å²) in [5, 5.41) is 4.42. The van der Waals surface area contributed by atoms with Gasteiger partial charge in [0, 0.05) is 11.5 Å². The lowest BCUT2D eigenvalue weighted by atomic mass is 9.92. The second kappa shape index (κ2) is 6.13. The Labute approximate surface area is 129 Å². The summed E-state index contributed by atoms with van der Waals surface area (Å²) >= 11 is 0. The standard InChI is InChI=1S/C17H20N2O3/c1-17(2,3)14-8-9-15(20)19(18-14)11-12-6-5-7-13(10-12)16(21)22-4/h5-10H,11H2,1-4H3. The molecule has 0 aliphatic rings. The smallest absolute Gasteiger partial charge is 0.337 e. The minimum absolute atomic E-state index is 0.136. The van der Waals surface area contributed by atoms with E-state index in [-0.39, 0.29) is 11.0 Å². The molecule has 0 N–H and O–H groups in total. The molecule has 0 saturated heterocycles. The number of esters is 1. The van der Waals surface area contributed by atoms with E-state index < -0.39 is 5.97 Å². The Balaban J connectivity index is 2.35. The lowest BCUT2D eigenvalue weighted by Gasteiger charge is -2.18. The molecule has 5 nitrogen and oxygen atoms in total. The van der Waals surface area contributed by atoms with Crippen molar-refractivity contribution in [1.82, 2.24) is 9.78 Å². The Morgan fingerprint density at radius 2 is 1.95 bits per heavy atom. The van der Waals surface area contributed by atoms with E-state index in [9.17, 15) is 9.59 Å². The van der Waals surface area contributed by atoms with E-state index in [0.717, 1.165) is 11.3 Å². The maximum Gasteiger partial charge on any atom is 0.337 e. The molecule has 0 aliphatic heterocycles. The van der Waals surface area contributed by atoms with Crippen LogP contribution in [0.1, 0.15) is 42.4 Å². The number of rotatable bonds is 3. The molecule has 1 aromatic heterocycles. The normalized spacial score (nSPS) is 11.3. The minimum Gasteiger partial charge on any atom is -0.465 e. The van der Waals surface area contributed by atoms with Crippen molar-refractivity contribution in [3.8, 4) is 0 Å². The highest BCUT2D eigenvalue weighted by atomic mass is 16.5. The van der Waals surface area contributed by atoms with Crippen LogP contribution in [0.5, 0.6) is 0 Å². The van der Waals surface area contributed by atoms with Crippen LogP contribution in [0.4, 0.5) is 0 Å². The summed E-state index contributed by atoms with van der Waals surface area (Å²) in [4.78, 5) is 23.6. The highest BCUT2D eigenvalue weighted by Gasteiger charge is 2.16. The maximum atomic E-state index is 12.0. The molecule has 2 aromatic rings. The number of nitrogens with zero attached hydrogens (tertiary/aromatic N) is 2. The van der Waals surface area contributed by atoms with Gasteiger partial charge in [-0.05, 0) is 23.8 Å². The van der Waals surface area contributed by atoms with Crippen molar-refractivity contribution in [1.29, 1.82) is 0 Å². The fourth-order valence-corrected chi connectivity index (χ4v) is 2.05. The molecule has 0 unspecified atom stereocenters. The number of carbonyl (C=O) groups is 1. The zero-order valence-corrected chi connectivity index (χ0v) is 13.3. The highest BCUT2D eigenvalue weighted by Crippen LogP contribution is 2.18. The molecule has 22 heavy (non-hydrogen) atoms. The minimum atomic E-state index is -0.398. The van der Waals surface area contributed by atoms with E-state index in [1.165, 1.54) is 17.9 Å². The predicted octanol–water partition coefficient (Wildman–Crippen LogP) is 2.38. The Kier molecular flexibility index (Phi) is 4.45. The molecule has 116 valence electrons. The molecule has 0 bridgehead atoms. The van der Waals surface area contributed by atoms with Crippen LogP contribution < -0.4 is 5.56 Å². The third-order valence-electron chi connectivity index (χ3n) is 3.32. The van der Waals surface area contributed by atoms with Gasteiger partial charge < -0.3 is 4.74 Å². The quantitative estimate of drug-likeness (QED) is 0.817.